The number of halogens is 1. The SMILES string of the molecule is CN=C(NCc1ccc(Cn2ccnc2)cc1)NCc1ccc(C)s1.I. The molecule has 0 spiro atoms. The molecule has 0 amide bonds. The molecule has 0 atom stereocenters. The highest BCUT2D eigenvalue weighted by Gasteiger charge is 2.01. The minimum atomic E-state index is 0. The first kappa shape index (κ1) is 20.4. The monoisotopic (exact) mass is 481 g/mol. The van der Waals surface area contributed by atoms with E-state index in [0.29, 0.717) is 0 Å². The van der Waals surface area contributed by atoms with E-state index in [1.165, 1.54) is 20.9 Å². The average molecular weight is 481 g/mol. The summed E-state index contributed by atoms with van der Waals surface area (Å²) in [7, 11) is 1.79. The van der Waals surface area contributed by atoms with Gasteiger partial charge < -0.3 is 15.2 Å². The number of thiophene rings is 1. The number of guanidine groups is 1. The van der Waals surface area contributed by atoms with Crippen LogP contribution in [0.3, 0.4) is 0 Å². The molecule has 3 aromatic rings. The van der Waals surface area contributed by atoms with Crippen LogP contribution in [0.4, 0.5) is 0 Å². The lowest BCUT2D eigenvalue weighted by Crippen LogP contribution is -2.36. The summed E-state index contributed by atoms with van der Waals surface area (Å²) in [6.07, 6.45) is 5.61. The maximum absolute atomic E-state index is 4.28. The van der Waals surface area contributed by atoms with Gasteiger partial charge in [-0.3, -0.25) is 4.99 Å². The van der Waals surface area contributed by atoms with Crippen molar-refractivity contribution >= 4 is 41.3 Å². The maximum atomic E-state index is 4.28. The predicted octanol–water partition coefficient (Wildman–Crippen LogP) is 3.78. The first-order valence-electron chi connectivity index (χ1n) is 8.26. The van der Waals surface area contributed by atoms with E-state index in [9.17, 15) is 0 Å². The van der Waals surface area contributed by atoms with Crippen molar-refractivity contribution in [2.45, 2.75) is 26.6 Å². The van der Waals surface area contributed by atoms with Crippen LogP contribution in [-0.2, 0) is 19.6 Å². The second-order valence-corrected chi connectivity index (χ2v) is 7.22. The molecular weight excluding hydrogens is 457 g/mol. The van der Waals surface area contributed by atoms with Crippen LogP contribution in [0.25, 0.3) is 0 Å². The third-order valence-electron chi connectivity index (χ3n) is 3.86. The molecule has 0 aliphatic heterocycles. The van der Waals surface area contributed by atoms with Gasteiger partial charge in [0.15, 0.2) is 5.96 Å². The Balaban J connectivity index is 0.00000243. The van der Waals surface area contributed by atoms with Crippen LogP contribution in [0.1, 0.15) is 20.9 Å². The fraction of sp³-hybridized carbons (Fsp3) is 0.263. The molecule has 0 saturated heterocycles. The number of aliphatic imine (C=N–C) groups is 1. The highest BCUT2D eigenvalue weighted by Crippen LogP contribution is 2.14. The Labute approximate surface area is 175 Å². The molecule has 2 aromatic heterocycles. The van der Waals surface area contributed by atoms with Gasteiger partial charge in [0.05, 0.1) is 12.9 Å². The third kappa shape index (κ3) is 6.14. The molecule has 0 fully saturated rings. The maximum Gasteiger partial charge on any atom is 0.191 e. The Kier molecular flexibility index (Phi) is 8.11. The first-order valence-corrected chi connectivity index (χ1v) is 9.08. The van der Waals surface area contributed by atoms with Gasteiger partial charge in [0.2, 0.25) is 0 Å². The fourth-order valence-electron chi connectivity index (χ4n) is 2.51. The molecule has 0 saturated carbocycles. The molecule has 26 heavy (non-hydrogen) atoms. The van der Waals surface area contributed by atoms with Crippen LogP contribution in [0.5, 0.6) is 0 Å². The van der Waals surface area contributed by atoms with Crippen LogP contribution in [0.2, 0.25) is 0 Å². The zero-order valence-electron chi connectivity index (χ0n) is 15.0. The summed E-state index contributed by atoms with van der Waals surface area (Å²) in [4.78, 5) is 11.0. The van der Waals surface area contributed by atoms with Gasteiger partial charge >= 0.3 is 0 Å². The van der Waals surface area contributed by atoms with Crippen LogP contribution in [0.15, 0.2) is 60.1 Å². The number of hydrogen-bond donors (Lipinski definition) is 2. The molecule has 5 nitrogen and oxygen atoms in total. The topological polar surface area (TPSA) is 54.2 Å². The first-order chi connectivity index (χ1) is 12.2. The molecule has 0 bridgehead atoms. The Morgan fingerprint density at radius 2 is 1.81 bits per heavy atom. The van der Waals surface area contributed by atoms with Gasteiger partial charge in [0, 0.05) is 42.3 Å². The summed E-state index contributed by atoms with van der Waals surface area (Å²) in [5.41, 5.74) is 2.49. The lowest BCUT2D eigenvalue weighted by molar-refractivity contribution is 0.793. The summed E-state index contributed by atoms with van der Waals surface area (Å²) < 4.78 is 2.06. The summed E-state index contributed by atoms with van der Waals surface area (Å²) in [6, 6.07) is 12.9. The number of nitrogens with zero attached hydrogens (tertiary/aromatic N) is 3. The summed E-state index contributed by atoms with van der Waals surface area (Å²) in [5, 5.41) is 6.71. The number of benzene rings is 1. The van der Waals surface area contributed by atoms with E-state index in [4.69, 9.17) is 0 Å². The normalized spacial score (nSPS) is 11.1. The molecule has 138 valence electrons. The van der Waals surface area contributed by atoms with Crippen molar-refractivity contribution < 1.29 is 0 Å². The van der Waals surface area contributed by atoms with Gasteiger partial charge in [-0.25, -0.2) is 4.98 Å². The van der Waals surface area contributed by atoms with E-state index in [2.05, 4.69) is 68.5 Å². The van der Waals surface area contributed by atoms with E-state index in [-0.39, 0.29) is 24.0 Å². The predicted molar refractivity (Wildman–Crippen MR) is 119 cm³/mol. The zero-order chi connectivity index (χ0) is 17.5. The summed E-state index contributed by atoms with van der Waals surface area (Å²) in [5.74, 6) is 0.813. The number of aryl methyl sites for hydroxylation is 1. The van der Waals surface area contributed by atoms with Gasteiger partial charge in [0.1, 0.15) is 0 Å². The molecule has 2 N–H and O–H groups in total. The van der Waals surface area contributed by atoms with Crippen molar-refractivity contribution in [2.24, 2.45) is 4.99 Å². The molecule has 0 aliphatic rings. The second-order valence-electron chi connectivity index (χ2n) is 5.84. The highest BCUT2D eigenvalue weighted by atomic mass is 127. The van der Waals surface area contributed by atoms with Crippen LogP contribution in [0, 0.1) is 6.92 Å². The van der Waals surface area contributed by atoms with Gasteiger partial charge in [-0.15, -0.1) is 35.3 Å². The molecule has 7 heteroatoms. The van der Waals surface area contributed by atoms with E-state index in [0.717, 1.165) is 25.6 Å². The number of hydrogen-bond acceptors (Lipinski definition) is 3. The van der Waals surface area contributed by atoms with E-state index in [1.54, 1.807) is 24.6 Å². The highest BCUT2D eigenvalue weighted by molar-refractivity contribution is 14.0. The minimum absolute atomic E-state index is 0. The van der Waals surface area contributed by atoms with Gasteiger partial charge in [0.25, 0.3) is 0 Å². The third-order valence-corrected chi connectivity index (χ3v) is 4.86. The van der Waals surface area contributed by atoms with Gasteiger partial charge in [-0.1, -0.05) is 24.3 Å². The van der Waals surface area contributed by atoms with E-state index in [1.807, 2.05) is 12.5 Å². The Hall–Kier alpha value is -1.87. The number of nitrogens with one attached hydrogen (secondary N) is 2. The quantitative estimate of drug-likeness (QED) is 0.320. The lowest BCUT2D eigenvalue weighted by Gasteiger charge is -2.11. The van der Waals surface area contributed by atoms with Gasteiger partial charge in [-0.05, 0) is 30.2 Å². The van der Waals surface area contributed by atoms with E-state index >= 15 is 0 Å². The number of imidazole rings is 1. The molecule has 0 radical (unpaired) electrons. The Bertz CT molecular complexity index is 809. The zero-order valence-corrected chi connectivity index (χ0v) is 18.1. The summed E-state index contributed by atoms with van der Waals surface area (Å²) >= 11 is 1.81. The van der Waals surface area contributed by atoms with Crippen molar-refractivity contribution in [1.29, 1.82) is 0 Å². The fourth-order valence-corrected chi connectivity index (χ4v) is 3.34. The minimum Gasteiger partial charge on any atom is -0.352 e. The largest absolute Gasteiger partial charge is 0.352 e. The molecule has 1 aromatic carbocycles. The van der Waals surface area contributed by atoms with Crippen LogP contribution < -0.4 is 10.6 Å². The molecule has 2 heterocycles. The second kappa shape index (κ2) is 10.3. The van der Waals surface area contributed by atoms with E-state index < -0.39 is 0 Å². The van der Waals surface area contributed by atoms with Crippen LogP contribution in [-0.4, -0.2) is 22.6 Å². The van der Waals surface area contributed by atoms with Crippen molar-refractivity contribution in [3.63, 3.8) is 0 Å². The van der Waals surface area contributed by atoms with Crippen molar-refractivity contribution in [3.8, 4) is 0 Å². The molecule has 0 aliphatic carbocycles. The smallest absolute Gasteiger partial charge is 0.191 e. The van der Waals surface area contributed by atoms with Gasteiger partial charge in [-0.2, -0.15) is 0 Å². The van der Waals surface area contributed by atoms with Crippen molar-refractivity contribution in [2.75, 3.05) is 7.05 Å². The lowest BCUT2D eigenvalue weighted by atomic mass is 10.1. The molecular formula is C19H24IN5S. The number of rotatable bonds is 6. The van der Waals surface area contributed by atoms with Crippen molar-refractivity contribution in [3.05, 3.63) is 76.0 Å². The van der Waals surface area contributed by atoms with Crippen molar-refractivity contribution in [1.82, 2.24) is 20.2 Å². The standard InChI is InChI=1S/C19H23N5S.HI/c1-15-3-8-18(25-15)12-23-19(20-2)22-11-16-4-6-17(7-5-16)13-24-10-9-21-14-24;/h3-10,14H,11-13H2,1-2H3,(H2,20,22,23);1H. The number of aromatic nitrogens is 2. The molecule has 3 rings (SSSR count). The Morgan fingerprint density at radius 3 is 2.42 bits per heavy atom. The molecule has 0 unspecified atom stereocenters. The Morgan fingerprint density at radius 1 is 1.08 bits per heavy atom. The van der Waals surface area contributed by atoms with Crippen LogP contribution >= 0.6 is 35.3 Å². The summed E-state index contributed by atoms with van der Waals surface area (Å²) in [6.45, 7) is 4.51. The average Bonchev–Trinajstić information content (AvgIpc) is 3.28.